The number of nitrogens with zero attached hydrogens (tertiary/aromatic N) is 3. The van der Waals surface area contributed by atoms with E-state index in [0.717, 1.165) is 22.1 Å². The van der Waals surface area contributed by atoms with E-state index in [1.54, 1.807) is 11.3 Å². The van der Waals surface area contributed by atoms with Crippen molar-refractivity contribution in [2.24, 2.45) is 0 Å². The maximum atomic E-state index is 8.46. The molecule has 0 spiro atoms. The number of hydrogen-bond donors (Lipinski definition) is 1. The van der Waals surface area contributed by atoms with Crippen molar-refractivity contribution < 1.29 is 4.74 Å². The molecular formula is C14H16N4OS. The number of hydrogen-bond acceptors (Lipinski definition) is 6. The van der Waals surface area contributed by atoms with Gasteiger partial charge < -0.3 is 10.1 Å². The van der Waals surface area contributed by atoms with Gasteiger partial charge in [0.25, 0.3) is 0 Å². The minimum atomic E-state index is 0.0672. The predicted molar refractivity (Wildman–Crippen MR) is 78.9 cm³/mol. The molecular weight excluding hydrogens is 272 g/mol. The molecule has 0 fully saturated rings. The quantitative estimate of drug-likeness (QED) is 0.884. The molecule has 1 aromatic heterocycles. The minimum absolute atomic E-state index is 0.0672. The molecule has 2 rings (SSSR count). The van der Waals surface area contributed by atoms with Crippen LogP contribution in [-0.2, 0) is 6.42 Å². The Morgan fingerprint density at radius 1 is 1.35 bits per heavy atom. The van der Waals surface area contributed by atoms with Crippen LogP contribution in [0.4, 0.5) is 5.13 Å². The smallest absolute Gasteiger partial charge is 0.206 e. The third-order valence-corrected chi connectivity index (χ3v) is 3.79. The molecule has 0 saturated heterocycles. The number of ether oxygens (including phenoxy) is 1. The van der Waals surface area contributed by atoms with Crippen molar-refractivity contribution in [3.8, 4) is 11.8 Å². The summed E-state index contributed by atoms with van der Waals surface area (Å²) in [6, 6.07) is 9.77. The second-order valence-electron chi connectivity index (χ2n) is 4.24. The summed E-state index contributed by atoms with van der Waals surface area (Å²) >= 11 is 1.58. The monoisotopic (exact) mass is 288 g/mol. The van der Waals surface area contributed by atoms with E-state index in [2.05, 4.69) is 29.4 Å². The number of aromatic nitrogens is 2. The fraction of sp³-hybridized carbons (Fsp3) is 0.357. The van der Waals surface area contributed by atoms with Crippen molar-refractivity contribution in [2.45, 2.75) is 26.3 Å². The first kappa shape index (κ1) is 14.3. The summed E-state index contributed by atoms with van der Waals surface area (Å²) in [7, 11) is 0. The lowest BCUT2D eigenvalue weighted by molar-refractivity contribution is 0.368. The molecule has 0 aliphatic rings. The topological polar surface area (TPSA) is 70.8 Å². The van der Waals surface area contributed by atoms with Gasteiger partial charge >= 0.3 is 0 Å². The summed E-state index contributed by atoms with van der Waals surface area (Å²) < 4.78 is 5.22. The van der Waals surface area contributed by atoms with Crippen molar-refractivity contribution in [1.29, 1.82) is 5.26 Å². The highest BCUT2D eigenvalue weighted by Gasteiger charge is 2.09. The Balaban J connectivity index is 1.98. The zero-order chi connectivity index (χ0) is 14.4. The number of nitrogens with one attached hydrogen (secondary N) is 1. The Kier molecular flexibility index (Phi) is 4.91. The molecule has 0 aliphatic carbocycles. The van der Waals surface area contributed by atoms with Gasteiger partial charge in [-0.05, 0) is 31.0 Å². The van der Waals surface area contributed by atoms with Gasteiger partial charge in [0.1, 0.15) is 16.8 Å². The summed E-state index contributed by atoms with van der Waals surface area (Å²) in [5.41, 5.74) is 1.13. The van der Waals surface area contributed by atoms with Gasteiger partial charge in [-0.2, -0.15) is 5.26 Å². The lowest BCUT2D eigenvalue weighted by atomic mass is 10.1. The number of aryl methyl sites for hydroxylation is 1. The van der Waals surface area contributed by atoms with E-state index >= 15 is 0 Å². The normalized spacial score (nSPS) is 11.7. The SMILES string of the molecule is CCc1nnc(NC(C)c2ccc(OCC#N)cc2)s1. The summed E-state index contributed by atoms with van der Waals surface area (Å²) in [6.45, 7) is 4.20. The first-order valence-electron chi connectivity index (χ1n) is 6.41. The third-order valence-electron chi connectivity index (χ3n) is 2.79. The highest BCUT2D eigenvalue weighted by atomic mass is 32.1. The second-order valence-corrected chi connectivity index (χ2v) is 5.30. The van der Waals surface area contributed by atoms with Crippen LogP contribution in [0.3, 0.4) is 0 Å². The molecule has 0 radical (unpaired) electrons. The average Bonchev–Trinajstić information content (AvgIpc) is 2.93. The first-order valence-corrected chi connectivity index (χ1v) is 7.23. The lowest BCUT2D eigenvalue weighted by Crippen LogP contribution is -2.06. The molecule has 1 N–H and O–H groups in total. The van der Waals surface area contributed by atoms with Gasteiger partial charge in [-0.3, -0.25) is 0 Å². The van der Waals surface area contributed by atoms with Gasteiger partial charge in [-0.1, -0.05) is 30.4 Å². The van der Waals surface area contributed by atoms with Crippen molar-refractivity contribution in [3.05, 3.63) is 34.8 Å². The molecule has 20 heavy (non-hydrogen) atoms. The molecule has 0 bridgehead atoms. The summed E-state index contributed by atoms with van der Waals surface area (Å²) in [5.74, 6) is 0.701. The van der Waals surface area contributed by atoms with Crippen molar-refractivity contribution >= 4 is 16.5 Å². The highest BCUT2D eigenvalue weighted by Crippen LogP contribution is 2.23. The van der Waals surface area contributed by atoms with E-state index < -0.39 is 0 Å². The number of nitriles is 1. The predicted octanol–water partition coefficient (Wildman–Crippen LogP) is 3.18. The zero-order valence-corrected chi connectivity index (χ0v) is 12.3. The van der Waals surface area contributed by atoms with Gasteiger partial charge in [0.05, 0.1) is 6.04 Å². The maximum absolute atomic E-state index is 8.46. The fourth-order valence-electron chi connectivity index (χ4n) is 1.69. The first-order chi connectivity index (χ1) is 9.72. The van der Waals surface area contributed by atoms with Gasteiger partial charge in [-0.25, -0.2) is 0 Å². The number of benzene rings is 1. The molecule has 6 heteroatoms. The molecule has 1 aromatic carbocycles. The molecule has 2 aromatic rings. The van der Waals surface area contributed by atoms with Gasteiger partial charge in [0.2, 0.25) is 5.13 Å². The summed E-state index contributed by atoms with van der Waals surface area (Å²) in [6.07, 6.45) is 0.901. The molecule has 1 unspecified atom stereocenters. The van der Waals surface area contributed by atoms with Crippen LogP contribution >= 0.6 is 11.3 Å². The van der Waals surface area contributed by atoms with Crippen LogP contribution in [0.25, 0.3) is 0 Å². The van der Waals surface area contributed by atoms with Crippen LogP contribution in [-0.4, -0.2) is 16.8 Å². The maximum Gasteiger partial charge on any atom is 0.206 e. The fourth-order valence-corrected chi connectivity index (χ4v) is 2.46. The number of anilines is 1. The van der Waals surface area contributed by atoms with Crippen molar-refractivity contribution in [2.75, 3.05) is 11.9 Å². The summed E-state index contributed by atoms with van der Waals surface area (Å²) in [5, 5.41) is 21.8. The molecule has 0 aliphatic heterocycles. The van der Waals surface area contributed by atoms with Crippen molar-refractivity contribution in [3.63, 3.8) is 0 Å². The van der Waals surface area contributed by atoms with Crippen LogP contribution in [0, 0.1) is 11.3 Å². The van der Waals surface area contributed by atoms with E-state index in [1.807, 2.05) is 30.3 Å². The molecule has 104 valence electrons. The minimum Gasteiger partial charge on any atom is -0.479 e. The molecule has 1 heterocycles. The second kappa shape index (κ2) is 6.87. The van der Waals surface area contributed by atoms with E-state index in [9.17, 15) is 0 Å². The molecule has 0 saturated carbocycles. The van der Waals surface area contributed by atoms with E-state index in [4.69, 9.17) is 10.00 Å². The van der Waals surface area contributed by atoms with Crippen molar-refractivity contribution in [1.82, 2.24) is 10.2 Å². The van der Waals surface area contributed by atoms with E-state index in [1.165, 1.54) is 0 Å². The Morgan fingerprint density at radius 2 is 2.10 bits per heavy atom. The van der Waals surface area contributed by atoms with Gasteiger partial charge in [-0.15, -0.1) is 10.2 Å². The van der Waals surface area contributed by atoms with Crippen LogP contribution in [0.5, 0.6) is 5.75 Å². The van der Waals surface area contributed by atoms with Crippen LogP contribution in [0.1, 0.15) is 30.5 Å². The summed E-state index contributed by atoms with van der Waals surface area (Å²) in [4.78, 5) is 0. The highest BCUT2D eigenvalue weighted by molar-refractivity contribution is 7.15. The Morgan fingerprint density at radius 3 is 2.70 bits per heavy atom. The van der Waals surface area contributed by atoms with Crippen LogP contribution in [0.15, 0.2) is 24.3 Å². The average molecular weight is 288 g/mol. The van der Waals surface area contributed by atoms with Gasteiger partial charge in [0, 0.05) is 0 Å². The van der Waals surface area contributed by atoms with Gasteiger partial charge in [0.15, 0.2) is 6.61 Å². The van der Waals surface area contributed by atoms with Crippen LogP contribution < -0.4 is 10.1 Å². The van der Waals surface area contributed by atoms with E-state index in [0.29, 0.717) is 5.75 Å². The van der Waals surface area contributed by atoms with E-state index in [-0.39, 0.29) is 12.6 Å². The van der Waals surface area contributed by atoms with Crippen LogP contribution in [0.2, 0.25) is 0 Å². The molecule has 0 amide bonds. The Bertz CT molecular complexity index is 588. The standard InChI is InChI=1S/C14H16N4OS/c1-3-13-17-18-14(20-13)16-10(2)11-4-6-12(7-5-11)19-9-8-15/h4-7,10H,3,9H2,1-2H3,(H,16,18). The Hall–Kier alpha value is -2.13. The zero-order valence-electron chi connectivity index (χ0n) is 11.5. The molecule has 5 nitrogen and oxygen atoms in total. The number of rotatable bonds is 6. The molecule has 1 atom stereocenters. The third kappa shape index (κ3) is 3.68. The lowest BCUT2D eigenvalue weighted by Gasteiger charge is -2.13. The Labute approximate surface area is 122 Å². The largest absolute Gasteiger partial charge is 0.479 e.